The van der Waals surface area contributed by atoms with Crippen molar-refractivity contribution in [3.05, 3.63) is 38.1 Å². The molecule has 0 fully saturated rings. The van der Waals surface area contributed by atoms with Gasteiger partial charge in [-0.05, 0) is 52.0 Å². The van der Waals surface area contributed by atoms with E-state index in [-0.39, 0.29) is 4.21 Å². The maximum atomic E-state index is 12.3. The van der Waals surface area contributed by atoms with Crippen molar-refractivity contribution in [2.24, 2.45) is 0 Å². The summed E-state index contributed by atoms with van der Waals surface area (Å²) in [5, 5.41) is 1.70. The van der Waals surface area contributed by atoms with E-state index < -0.39 is 10.0 Å². The fourth-order valence-electron chi connectivity index (χ4n) is 1.56. The van der Waals surface area contributed by atoms with Crippen LogP contribution in [0.4, 0.5) is 11.4 Å². The summed E-state index contributed by atoms with van der Waals surface area (Å²) in [5.74, 6) is 0. The lowest BCUT2D eigenvalue weighted by Crippen LogP contribution is -2.14. The largest absolute Gasteiger partial charge is 0.397 e. The lowest BCUT2D eigenvalue weighted by molar-refractivity contribution is 0.603. The molecule has 0 amide bonds. The predicted molar refractivity (Wildman–Crippen MR) is 86.1 cm³/mol. The molecule has 1 heterocycles. The van der Waals surface area contributed by atoms with Gasteiger partial charge >= 0.3 is 0 Å². The molecule has 0 aliphatic carbocycles. The average Bonchev–Trinajstić information content (AvgIpc) is 2.70. The topological polar surface area (TPSA) is 72.2 Å². The van der Waals surface area contributed by atoms with Crippen LogP contribution in [-0.2, 0) is 10.0 Å². The summed E-state index contributed by atoms with van der Waals surface area (Å²) in [4.78, 5) is 0. The van der Waals surface area contributed by atoms with E-state index >= 15 is 0 Å². The van der Waals surface area contributed by atoms with Crippen molar-refractivity contribution in [1.29, 1.82) is 0 Å². The monoisotopic (exact) mass is 424 g/mol. The summed E-state index contributed by atoms with van der Waals surface area (Å²) in [7, 11) is -3.63. The number of benzene rings is 1. The molecular formula is C11H10Br2N2O2S2. The Kier molecular flexibility index (Phi) is 4.24. The molecule has 1 aromatic heterocycles. The molecule has 0 aliphatic heterocycles. The van der Waals surface area contributed by atoms with Crippen LogP contribution in [0.15, 0.2) is 36.7 Å². The first-order chi connectivity index (χ1) is 8.81. The molecule has 19 heavy (non-hydrogen) atoms. The maximum Gasteiger partial charge on any atom is 0.272 e. The molecule has 8 heteroatoms. The average molecular weight is 426 g/mol. The zero-order valence-electron chi connectivity index (χ0n) is 9.78. The third kappa shape index (κ3) is 3.13. The Morgan fingerprint density at radius 2 is 2.00 bits per heavy atom. The van der Waals surface area contributed by atoms with Gasteiger partial charge in [0, 0.05) is 8.95 Å². The fraction of sp³-hybridized carbons (Fsp3) is 0.0909. The van der Waals surface area contributed by atoms with Crippen molar-refractivity contribution in [2.45, 2.75) is 11.1 Å². The smallest absolute Gasteiger partial charge is 0.272 e. The van der Waals surface area contributed by atoms with Crippen LogP contribution in [0, 0.1) is 6.92 Å². The molecule has 1 aromatic carbocycles. The zero-order chi connectivity index (χ0) is 14.2. The van der Waals surface area contributed by atoms with Crippen molar-refractivity contribution < 1.29 is 8.42 Å². The van der Waals surface area contributed by atoms with Gasteiger partial charge in [-0.15, -0.1) is 11.3 Å². The normalized spacial score (nSPS) is 11.5. The number of halogens is 2. The molecule has 4 nitrogen and oxygen atoms in total. The first-order valence-corrected chi connectivity index (χ1v) is 9.07. The second-order valence-corrected chi connectivity index (χ2v) is 8.41. The minimum Gasteiger partial charge on any atom is -0.397 e. The Morgan fingerprint density at radius 3 is 2.53 bits per heavy atom. The van der Waals surface area contributed by atoms with Gasteiger partial charge in [-0.2, -0.15) is 0 Å². The second-order valence-electron chi connectivity index (χ2n) is 3.85. The van der Waals surface area contributed by atoms with Crippen LogP contribution in [0.25, 0.3) is 0 Å². The highest BCUT2D eigenvalue weighted by atomic mass is 79.9. The second kappa shape index (κ2) is 5.43. The van der Waals surface area contributed by atoms with Crippen LogP contribution < -0.4 is 10.5 Å². The fourth-order valence-corrected chi connectivity index (χ4v) is 5.65. The number of anilines is 2. The molecular weight excluding hydrogens is 416 g/mol. The highest BCUT2D eigenvalue weighted by Crippen LogP contribution is 2.33. The number of aryl methyl sites for hydroxylation is 1. The zero-order valence-corrected chi connectivity index (χ0v) is 14.6. The van der Waals surface area contributed by atoms with E-state index in [9.17, 15) is 8.42 Å². The van der Waals surface area contributed by atoms with E-state index in [0.29, 0.717) is 15.8 Å². The van der Waals surface area contributed by atoms with Crippen LogP contribution in [0.3, 0.4) is 0 Å². The summed E-state index contributed by atoms with van der Waals surface area (Å²) in [5.41, 5.74) is 7.39. The summed E-state index contributed by atoms with van der Waals surface area (Å²) >= 11 is 7.67. The Balaban J connectivity index is 2.45. The highest BCUT2D eigenvalue weighted by Gasteiger charge is 2.21. The highest BCUT2D eigenvalue weighted by molar-refractivity contribution is 9.10. The minimum atomic E-state index is -3.63. The summed E-state index contributed by atoms with van der Waals surface area (Å²) in [6, 6.07) is 5.16. The van der Waals surface area contributed by atoms with E-state index in [4.69, 9.17) is 5.73 Å². The summed E-state index contributed by atoms with van der Waals surface area (Å²) in [6.07, 6.45) is 0. The first kappa shape index (κ1) is 14.8. The van der Waals surface area contributed by atoms with Crippen LogP contribution in [0.1, 0.15) is 5.56 Å². The van der Waals surface area contributed by atoms with Gasteiger partial charge in [0.25, 0.3) is 10.0 Å². The molecule has 2 aromatic rings. The van der Waals surface area contributed by atoms with E-state index in [1.54, 1.807) is 30.5 Å². The first-order valence-electron chi connectivity index (χ1n) is 5.12. The molecule has 0 saturated carbocycles. The van der Waals surface area contributed by atoms with Gasteiger partial charge in [-0.25, -0.2) is 8.42 Å². The van der Waals surface area contributed by atoms with Gasteiger partial charge in [-0.3, -0.25) is 4.72 Å². The molecule has 0 bridgehead atoms. The van der Waals surface area contributed by atoms with Crippen LogP contribution >= 0.6 is 43.2 Å². The van der Waals surface area contributed by atoms with Crippen molar-refractivity contribution in [3.63, 3.8) is 0 Å². The Morgan fingerprint density at radius 1 is 1.32 bits per heavy atom. The number of sulfonamides is 1. The maximum absolute atomic E-state index is 12.3. The van der Waals surface area contributed by atoms with Crippen molar-refractivity contribution >= 4 is 64.6 Å². The number of rotatable bonds is 3. The number of nitrogens with one attached hydrogen (secondary N) is 1. The number of nitrogens with two attached hydrogens (primary N) is 1. The Labute approximate surface area is 132 Å². The molecule has 0 radical (unpaired) electrons. The van der Waals surface area contributed by atoms with Crippen molar-refractivity contribution in [1.82, 2.24) is 0 Å². The number of hydrogen-bond acceptors (Lipinski definition) is 4. The van der Waals surface area contributed by atoms with E-state index in [1.807, 2.05) is 0 Å². The number of thiophene rings is 1. The van der Waals surface area contributed by atoms with E-state index in [2.05, 4.69) is 36.6 Å². The third-order valence-electron chi connectivity index (χ3n) is 2.40. The van der Waals surface area contributed by atoms with Crippen LogP contribution in [0.2, 0.25) is 0 Å². The van der Waals surface area contributed by atoms with Gasteiger partial charge in [0.05, 0.1) is 11.4 Å². The molecule has 0 atom stereocenters. The SMILES string of the molecule is Cc1cc(Br)cc(N)c1NS(=O)(=O)c1sccc1Br. The standard InChI is InChI=1S/C11H10Br2N2O2S2/c1-6-4-7(12)5-9(14)10(6)15-19(16,17)11-8(13)2-3-18-11/h2-5,15H,14H2,1H3. The van der Waals surface area contributed by atoms with Gasteiger partial charge in [0.15, 0.2) is 4.21 Å². The van der Waals surface area contributed by atoms with Gasteiger partial charge in [-0.1, -0.05) is 15.9 Å². The van der Waals surface area contributed by atoms with Gasteiger partial charge in [0.2, 0.25) is 0 Å². The molecule has 102 valence electrons. The van der Waals surface area contributed by atoms with E-state index in [0.717, 1.165) is 21.4 Å². The summed E-state index contributed by atoms with van der Waals surface area (Å²) < 4.78 is 28.7. The van der Waals surface area contributed by atoms with Gasteiger partial charge in [0.1, 0.15) is 0 Å². The molecule has 0 unspecified atom stereocenters. The molecule has 0 aliphatic rings. The molecule has 0 saturated heterocycles. The molecule has 3 N–H and O–H groups in total. The minimum absolute atomic E-state index is 0.231. The van der Waals surface area contributed by atoms with Crippen molar-refractivity contribution in [2.75, 3.05) is 10.5 Å². The lowest BCUT2D eigenvalue weighted by atomic mass is 10.2. The van der Waals surface area contributed by atoms with Crippen LogP contribution in [-0.4, -0.2) is 8.42 Å². The number of hydrogen-bond donors (Lipinski definition) is 2. The third-order valence-corrected chi connectivity index (χ3v) is 6.87. The van der Waals surface area contributed by atoms with Gasteiger partial charge < -0.3 is 5.73 Å². The molecule has 2 rings (SSSR count). The van der Waals surface area contributed by atoms with E-state index in [1.165, 1.54) is 0 Å². The van der Waals surface area contributed by atoms with Crippen molar-refractivity contribution in [3.8, 4) is 0 Å². The molecule has 0 spiro atoms. The predicted octanol–water partition coefficient (Wildman–Crippen LogP) is 3.96. The Hall–Kier alpha value is -0.570. The summed E-state index contributed by atoms with van der Waals surface area (Å²) in [6.45, 7) is 1.79. The number of nitrogen functional groups attached to an aromatic ring is 1. The van der Waals surface area contributed by atoms with Crippen LogP contribution in [0.5, 0.6) is 0 Å². The Bertz CT molecular complexity index is 703. The quantitative estimate of drug-likeness (QED) is 0.730. The lowest BCUT2D eigenvalue weighted by Gasteiger charge is -2.13.